The largest absolute Gasteiger partial charge is 0.465 e. The van der Waals surface area contributed by atoms with Crippen LogP contribution in [0.5, 0.6) is 0 Å². The van der Waals surface area contributed by atoms with Crippen LogP contribution in [-0.4, -0.2) is 29.0 Å². The number of benzene rings is 2. The smallest absolute Gasteiger partial charge is 0.337 e. The Morgan fingerprint density at radius 3 is 2.39 bits per heavy atom. The molecule has 0 unspecified atom stereocenters. The number of esters is 1. The standard InChI is InChI=1S/C20H19N5O3/c1-13(26)22-16-4-3-5-17(12-16)23-18-10-11-21-20(25-18)24-15-8-6-14(7-9-15)19(27)28-2/h3-12H,1-2H3,(H,22,26)(H2,21,23,24,25). The van der Waals surface area contributed by atoms with E-state index in [-0.39, 0.29) is 5.91 Å². The molecule has 0 saturated carbocycles. The Balaban J connectivity index is 1.70. The SMILES string of the molecule is COC(=O)c1ccc(Nc2nccc(Nc3cccc(NC(C)=O)c3)n2)cc1. The van der Waals surface area contributed by atoms with Gasteiger partial charge in [-0.3, -0.25) is 4.79 Å². The predicted molar refractivity (Wildman–Crippen MR) is 107 cm³/mol. The van der Waals surface area contributed by atoms with Gasteiger partial charge in [0.05, 0.1) is 12.7 Å². The number of aromatic nitrogens is 2. The van der Waals surface area contributed by atoms with E-state index < -0.39 is 5.97 Å². The molecule has 1 aromatic heterocycles. The van der Waals surface area contributed by atoms with Gasteiger partial charge >= 0.3 is 5.97 Å². The second-order valence-electron chi connectivity index (χ2n) is 5.85. The molecule has 0 radical (unpaired) electrons. The van der Waals surface area contributed by atoms with Crippen molar-refractivity contribution in [1.29, 1.82) is 0 Å². The first-order chi connectivity index (χ1) is 13.5. The molecule has 0 saturated heterocycles. The van der Waals surface area contributed by atoms with Gasteiger partial charge < -0.3 is 20.7 Å². The summed E-state index contributed by atoms with van der Waals surface area (Å²) in [4.78, 5) is 31.3. The highest BCUT2D eigenvalue weighted by molar-refractivity contribution is 5.90. The van der Waals surface area contributed by atoms with Crippen LogP contribution in [0.3, 0.4) is 0 Å². The van der Waals surface area contributed by atoms with Crippen molar-refractivity contribution in [1.82, 2.24) is 9.97 Å². The summed E-state index contributed by atoms with van der Waals surface area (Å²) in [5, 5.41) is 8.99. The molecule has 2 aromatic carbocycles. The minimum absolute atomic E-state index is 0.135. The van der Waals surface area contributed by atoms with Crippen molar-refractivity contribution in [3.05, 3.63) is 66.4 Å². The summed E-state index contributed by atoms with van der Waals surface area (Å²) in [6.45, 7) is 1.46. The zero-order valence-corrected chi connectivity index (χ0v) is 15.4. The topological polar surface area (TPSA) is 105 Å². The minimum Gasteiger partial charge on any atom is -0.465 e. The van der Waals surface area contributed by atoms with E-state index in [0.29, 0.717) is 23.0 Å². The van der Waals surface area contributed by atoms with Crippen LogP contribution in [0, 0.1) is 0 Å². The Hall–Kier alpha value is -3.94. The summed E-state index contributed by atoms with van der Waals surface area (Å²) in [6, 6.07) is 15.8. The zero-order chi connectivity index (χ0) is 19.9. The number of hydrogen-bond acceptors (Lipinski definition) is 7. The Bertz CT molecular complexity index is 989. The van der Waals surface area contributed by atoms with E-state index >= 15 is 0 Å². The first-order valence-electron chi connectivity index (χ1n) is 8.46. The highest BCUT2D eigenvalue weighted by atomic mass is 16.5. The fraction of sp³-hybridized carbons (Fsp3) is 0.100. The average molecular weight is 377 g/mol. The molecule has 0 aliphatic carbocycles. The maximum atomic E-state index is 11.5. The van der Waals surface area contributed by atoms with Crippen molar-refractivity contribution in [2.75, 3.05) is 23.1 Å². The van der Waals surface area contributed by atoms with Gasteiger partial charge in [-0.15, -0.1) is 0 Å². The van der Waals surface area contributed by atoms with Gasteiger partial charge in [0.15, 0.2) is 0 Å². The van der Waals surface area contributed by atoms with E-state index in [1.54, 1.807) is 42.6 Å². The Morgan fingerprint density at radius 2 is 1.68 bits per heavy atom. The van der Waals surface area contributed by atoms with Crippen molar-refractivity contribution in [3.63, 3.8) is 0 Å². The molecular weight excluding hydrogens is 358 g/mol. The third kappa shape index (κ3) is 5.04. The van der Waals surface area contributed by atoms with Gasteiger partial charge in [-0.1, -0.05) is 6.07 Å². The molecule has 0 aliphatic rings. The maximum Gasteiger partial charge on any atom is 0.337 e. The molecule has 142 valence electrons. The molecule has 3 rings (SSSR count). The molecule has 0 fully saturated rings. The lowest BCUT2D eigenvalue weighted by atomic mass is 10.2. The van der Waals surface area contributed by atoms with Crippen LogP contribution in [0.1, 0.15) is 17.3 Å². The fourth-order valence-corrected chi connectivity index (χ4v) is 2.45. The van der Waals surface area contributed by atoms with Gasteiger partial charge in [0.25, 0.3) is 0 Å². The summed E-state index contributed by atoms with van der Waals surface area (Å²) in [6.07, 6.45) is 1.62. The summed E-state index contributed by atoms with van der Waals surface area (Å²) in [5.74, 6) is 0.455. The quantitative estimate of drug-likeness (QED) is 0.562. The Kier molecular flexibility index (Phi) is 5.81. The van der Waals surface area contributed by atoms with Crippen molar-refractivity contribution in [2.24, 2.45) is 0 Å². The van der Waals surface area contributed by atoms with Crippen molar-refractivity contribution < 1.29 is 14.3 Å². The first-order valence-corrected chi connectivity index (χ1v) is 8.46. The molecule has 1 heterocycles. The number of nitrogens with one attached hydrogen (secondary N) is 3. The van der Waals surface area contributed by atoms with E-state index in [0.717, 1.165) is 11.4 Å². The molecule has 0 aliphatic heterocycles. The highest BCUT2D eigenvalue weighted by Gasteiger charge is 2.06. The number of amides is 1. The van der Waals surface area contributed by atoms with Gasteiger partial charge in [-0.25, -0.2) is 9.78 Å². The summed E-state index contributed by atoms with van der Waals surface area (Å²) in [7, 11) is 1.34. The second kappa shape index (κ2) is 8.63. The molecular formula is C20H19N5O3. The summed E-state index contributed by atoms with van der Waals surface area (Å²) < 4.78 is 4.68. The van der Waals surface area contributed by atoms with E-state index in [1.807, 2.05) is 18.2 Å². The lowest BCUT2D eigenvalue weighted by Crippen LogP contribution is -2.06. The van der Waals surface area contributed by atoms with Crippen LogP contribution < -0.4 is 16.0 Å². The number of ether oxygens (including phenoxy) is 1. The van der Waals surface area contributed by atoms with Crippen molar-refractivity contribution in [2.45, 2.75) is 6.92 Å². The number of methoxy groups -OCH3 is 1. The van der Waals surface area contributed by atoms with Crippen LogP contribution >= 0.6 is 0 Å². The average Bonchev–Trinajstić information content (AvgIpc) is 2.68. The number of rotatable bonds is 6. The minimum atomic E-state index is -0.393. The lowest BCUT2D eigenvalue weighted by molar-refractivity contribution is -0.114. The van der Waals surface area contributed by atoms with Gasteiger partial charge in [-0.05, 0) is 48.5 Å². The van der Waals surface area contributed by atoms with Crippen LogP contribution in [0.15, 0.2) is 60.8 Å². The van der Waals surface area contributed by atoms with E-state index in [2.05, 4.69) is 30.7 Å². The number of nitrogens with zero attached hydrogens (tertiary/aromatic N) is 2. The third-order valence-corrected chi connectivity index (χ3v) is 3.67. The first kappa shape index (κ1) is 18.8. The van der Waals surface area contributed by atoms with Gasteiger partial charge in [0.1, 0.15) is 5.82 Å². The zero-order valence-electron chi connectivity index (χ0n) is 15.4. The molecule has 3 aromatic rings. The van der Waals surface area contributed by atoms with Crippen LogP contribution in [0.4, 0.5) is 28.8 Å². The number of carbonyl (C=O) groups is 2. The normalized spacial score (nSPS) is 10.1. The van der Waals surface area contributed by atoms with Crippen molar-refractivity contribution in [3.8, 4) is 0 Å². The van der Waals surface area contributed by atoms with Crippen LogP contribution in [0.25, 0.3) is 0 Å². The molecule has 8 heteroatoms. The number of anilines is 5. The molecule has 0 atom stereocenters. The number of hydrogen-bond donors (Lipinski definition) is 3. The molecule has 0 spiro atoms. The Morgan fingerprint density at radius 1 is 0.929 bits per heavy atom. The molecule has 0 bridgehead atoms. The molecule has 28 heavy (non-hydrogen) atoms. The lowest BCUT2D eigenvalue weighted by Gasteiger charge is -2.10. The van der Waals surface area contributed by atoms with E-state index in [1.165, 1.54) is 14.0 Å². The van der Waals surface area contributed by atoms with Crippen LogP contribution in [-0.2, 0) is 9.53 Å². The predicted octanol–water partition coefficient (Wildman–Crippen LogP) is 3.71. The summed E-state index contributed by atoms with van der Waals surface area (Å²) >= 11 is 0. The Labute approximate surface area is 162 Å². The van der Waals surface area contributed by atoms with Gasteiger partial charge in [0, 0.05) is 30.2 Å². The molecule has 1 amide bonds. The van der Waals surface area contributed by atoms with E-state index in [9.17, 15) is 9.59 Å². The number of carbonyl (C=O) groups excluding carboxylic acids is 2. The summed E-state index contributed by atoms with van der Waals surface area (Å²) in [5.41, 5.74) is 2.66. The van der Waals surface area contributed by atoms with Crippen molar-refractivity contribution >= 4 is 40.7 Å². The molecule has 3 N–H and O–H groups in total. The van der Waals surface area contributed by atoms with Gasteiger partial charge in [0.2, 0.25) is 11.9 Å². The second-order valence-corrected chi connectivity index (χ2v) is 5.85. The third-order valence-electron chi connectivity index (χ3n) is 3.67. The van der Waals surface area contributed by atoms with Crippen LogP contribution in [0.2, 0.25) is 0 Å². The van der Waals surface area contributed by atoms with Gasteiger partial charge in [-0.2, -0.15) is 4.98 Å². The molecule has 8 nitrogen and oxygen atoms in total. The highest BCUT2D eigenvalue weighted by Crippen LogP contribution is 2.20. The fourth-order valence-electron chi connectivity index (χ4n) is 2.45. The monoisotopic (exact) mass is 377 g/mol. The van der Waals surface area contributed by atoms with E-state index in [4.69, 9.17) is 0 Å². The maximum absolute atomic E-state index is 11.5.